The molecule has 1 amide bonds. The van der Waals surface area contributed by atoms with Gasteiger partial charge in [0.15, 0.2) is 0 Å². The molecule has 1 rings (SSSR count). The average Bonchev–Trinajstić information content (AvgIpc) is 2.01. The Morgan fingerprint density at radius 1 is 1.62 bits per heavy atom. The number of hydrogen-bond acceptors (Lipinski definition) is 3. The molecule has 0 spiro atoms. The molecule has 13 heavy (non-hydrogen) atoms. The van der Waals surface area contributed by atoms with E-state index < -0.39 is 0 Å². The van der Waals surface area contributed by atoms with Crippen LogP contribution in [0.15, 0.2) is 0 Å². The van der Waals surface area contributed by atoms with Crippen LogP contribution in [0.3, 0.4) is 0 Å². The van der Waals surface area contributed by atoms with E-state index in [1.165, 1.54) is 0 Å². The van der Waals surface area contributed by atoms with Gasteiger partial charge in [-0.3, -0.25) is 4.79 Å². The van der Waals surface area contributed by atoms with Gasteiger partial charge in [0.2, 0.25) is 5.91 Å². The van der Waals surface area contributed by atoms with Crippen LogP contribution in [0.1, 0.15) is 6.42 Å². The SMILES string of the molecule is CNCCCN(C)C(=O)C1CNC1. The van der Waals surface area contributed by atoms with Gasteiger partial charge < -0.3 is 15.5 Å². The molecule has 2 N–H and O–H groups in total. The number of nitrogens with zero attached hydrogens (tertiary/aromatic N) is 1. The summed E-state index contributed by atoms with van der Waals surface area (Å²) < 4.78 is 0. The van der Waals surface area contributed by atoms with Gasteiger partial charge in [0.25, 0.3) is 0 Å². The largest absolute Gasteiger partial charge is 0.345 e. The fourth-order valence-corrected chi connectivity index (χ4v) is 1.38. The van der Waals surface area contributed by atoms with Crippen LogP contribution in [-0.2, 0) is 4.79 Å². The zero-order chi connectivity index (χ0) is 9.68. The van der Waals surface area contributed by atoms with Crippen LogP contribution in [0.5, 0.6) is 0 Å². The van der Waals surface area contributed by atoms with Crippen molar-refractivity contribution in [3.63, 3.8) is 0 Å². The predicted molar refractivity (Wildman–Crippen MR) is 52.5 cm³/mol. The van der Waals surface area contributed by atoms with E-state index in [2.05, 4.69) is 10.6 Å². The molecule has 0 atom stereocenters. The Morgan fingerprint density at radius 2 is 2.31 bits per heavy atom. The first-order valence-corrected chi connectivity index (χ1v) is 4.86. The van der Waals surface area contributed by atoms with Gasteiger partial charge in [-0.05, 0) is 20.0 Å². The first-order chi connectivity index (χ1) is 6.25. The molecule has 0 radical (unpaired) electrons. The van der Waals surface area contributed by atoms with Crippen LogP contribution >= 0.6 is 0 Å². The van der Waals surface area contributed by atoms with Crippen molar-refractivity contribution in [2.75, 3.05) is 40.3 Å². The summed E-state index contributed by atoms with van der Waals surface area (Å²) in [5.41, 5.74) is 0. The maximum Gasteiger partial charge on any atom is 0.227 e. The van der Waals surface area contributed by atoms with Crippen molar-refractivity contribution in [1.82, 2.24) is 15.5 Å². The lowest BCUT2D eigenvalue weighted by atomic mass is 10.0. The van der Waals surface area contributed by atoms with Crippen molar-refractivity contribution in [1.29, 1.82) is 0 Å². The van der Waals surface area contributed by atoms with Crippen molar-refractivity contribution >= 4 is 5.91 Å². The third-order valence-electron chi connectivity index (χ3n) is 2.43. The zero-order valence-electron chi connectivity index (χ0n) is 8.47. The van der Waals surface area contributed by atoms with Crippen LogP contribution in [0.4, 0.5) is 0 Å². The fraction of sp³-hybridized carbons (Fsp3) is 0.889. The van der Waals surface area contributed by atoms with Crippen LogP contribution in [-0.4, -0.2) is 51.1 Å². The number of nitrogens with one attached hydrogen (secondary N) is 2. The van der Waals surface area contributed by atoms with Gasteiger partial charge >= 0.3 is 0 Å². The highest BCUT2D eigenvalue weighted by Crippen LogP contribution is 2.06. The van der Waals surface area contributed by atoms with E-state index in [0.717, 1.165) is 32.6 Å². The molecule has 1 aliphatic heterocycles. The minimum atomic E-state index is 0.236. The summed E-state index contributed by atoms with van der Waals surface area (Å²) in [5, 5.41) is 6.17. The van der Waals surface area contributed by atoms with E-state index in [9.17, 15) is 4.79 Å². The molecule has 1 saturated heterocycles. The molecule has 0 aliphatic carbocycles. The molecule has 4 nitrogen and oxygen atoms in total. The maximum atomic E-state index is 11.6. The summed E-state index contributed by atoms with van der Waals surface area (Å²) in [5.74, 6) is 0.523. The Labute approximate surface area is 79.7 Å². The summed E-state index contributed by atoms with van der Waals surface area (Å²) in [6.45, 7) is 3.54. The first kappa shape index (κ1) is 10.5. The van der Waals surface area contributed by atoms with E-state index in [-0.39, 0.29) is 11.8 Å². The van der Waals surface area contributed by atoms with E-state index in [4.69, 9.17) is 0 Å². The van der Waals surface area contributed by atoms with Gasteiger partial charge in [-0.15, -0.1) is 0 Å². The number of rotatable bonds is 5. The van der Waals surface area contributed by atoms with E-state index in [1.807, 2.05) is 19.0 Å². The van der Waals surface area contributed by atoms with Gasteiger partial charge in [0.05, 0.1) is 5.92 Å². The van der Waals surface area contributed by atoms with E-state index in [1.54, 1.807) is 0 Å². The molecule has 0 aromatic rings. The molecule has 1 fully saturated rings. The minimum Gasteiger partial charge on any atom is -0.345 e. The van der Waals surface area contributed by atoms with Crippen LogP contribution in [0, 0.1) is 5.92 Å². The summed E-state index contributed by atoms with van der Waals surface area (Å²) in [4.78, 5) is 13.4. The molecule has 1 heterocycles. The standard InChI is InChI=1S/C9H19N3O/c1-10-4-3-5-12(2)9(13)8-6-11-7-8/h8,10-11H,3-7H2,1-2H3. The fourth-order valence-electron chi connectivity index (χ4n) is 1.38. The quantitative estimate of drug-likeness (QED) is 0.555. The molecule has 4 heteroatoms. The van der Waals surface area contributed by atoms with Gasteiger partial charge in [0, 0.05) is 26.7 Å². The Morgan fingerprint density at radius 3 is 2.77 bits per heavy atom. The van der Waals surface area contributed by atoms with Crippen molar-refractivity contribution in [3.05, 3.63) is 0 Å². The van der Waals surface area contributed by atoms with Crippen LogP contribution in [0.25, 0.3) is 0 Å². The van der Waals surface area contributed by atoms with E-state index >= 15 is 0 Å². The predicted octanol–water partition coefficient (Wildman–Crippen LogP) is -0.726. The molecule has 76 valence electrons. The Hall–Kier alpha value is -0.610. The van der Waals surface area contributed by atoms with Crippen molar-refractivity contribution < 1.29 is 4.79 Å². The first-order valence-electron chi connectivity index (χ1n) is 4.86. The number of amides is 1. The third kappa shape index (κ3) is 2.97. The number of carbonyl (C=O) groups is 1. The highest BCUT2D eigenvalue weighted by molar-refractivity contribution is 5.79. The second kappa shape index (κ2) is 5.19. The molecule has 0 aromatic carbocycles. The average molecular weight is 185 g/mol. The highest BCUT2D eigenvalue weighted by Gasteiger charge is 2.26. The smallest absolute Gasteiger partial charge is 0.227 e. The topological polar surface area (TPSA) is 44.4 Å². The van der Waals surface area contributed by atoms with Gasteiger partial charge in [0.1, 0.15) is 0 Å². The van der Waals surface area contributed by atoms with Crippen molar-refractivity contribution in [2.45, 2.75) is 6.42 Å². The van der Waals surface area contributed by atoms with Crippen molar-refractivity contribution in [3.8, 4) is 0 Å². The number of hydrogen-bond donors (Lipinski definition) is 2. The minimum absolute atomic E-state index is 0.236. The normalized spacial score (nSPS) is 16.8. The molecule has 1 aliphatic rings. The molecule has 0 saturated carbocycles. The molecular weight excluding hydrogens is 166 g/mol. The lowest BCUT2D eigenvalue weighted by molar-refractivity contribution is -0.135. The Balaban J connectivity index is 2.13. The second-order valence-corrected chi connectivity index (χ2v) is 3.57. The summed E-state index contributed by atoms with van der Waals surface area (Å²) in [7, 11) is 3.81. The summed E-state index contributed by atoms with van der Waals surface area (Å²) >= 11 is 0. The number of carbonyl (C=O) groups excluding carboxylic acids is 1. The summed E-state index contributed by atoms with van der Waals surface area (Å²) in [6.07, 6.45) is 1.03. The van der Waals surface area contributed by atoms with Gasteiger partial charge in [-0.1, -0.05) is 0 Å². The second-order valence-electron chi connectivity index (χ2n) is 3.57. The molecule has 0 aromatic heterocycles. The van der Waals surface area contributed by atoms with Gasteiger partial charge in [-0.25, -0.2) is 0 Å². The van der Waals surface area contributed by atoms with Crippen molar-refractivity contribution in [2.24, 2.45) is 5.92 Å². The lowest BCUT2D eigenvalue weighted by Crippen LogP contribution is -2.51. The van der Waals surface area contributed by atoms with E-state index in [0.29, 0.717) is 0 Å². The third-order valence-corrected chi connectivity index (χ3v) is 2.43. The molecule has 0 bridgehead atoms. The maximum absolute atomic E-state index is 11.6. The Kier molecular flexibility index (Phi) is 4.18. The zero-order valence-corrected chi connectivity index (χ0v) is 8.47. The monoisotopic (exact) mass is 185 g/mol. The Bertz CT molecular complexity index is 168. The molecular formula is C9H19N3O. The summed E-state index contributed by atoms with van der Waals surface area (Å²) in [6, 6.07) is 0. The highest BCUT2D eigenvalue weighted by atomic mass is 16.2. The molecule has 0 unspecified atom stereocenters. The van der Waals surface area contributed by atoms with Gasteiger partial charge in [-0.2, -0.15) is 0 Å². The van der Waals surface area contributed by atoms with Crippen LogP contribution < -0.4 is 10.6 Å². The van der Waals surface area contributed by atoms with Crippen LogP contribution in [0.2, 0.25) is 0 Å². The lowest BCUT2D eigenvalue weighted by Gasteiger charge is -2.30.